The molecule has 0 unspecified atom stereocenters. The molecule has 0 aliphatic heterocycles. The lowest BCUT2D eigenvalue weighted by molar-refractivity contribution is 0.213. The van der Waals surface area contributed by atoms with Gasteiger partial charge in [-0.05, 0) is 31.8 Å². The quantitative estimate of drug-likeness (QED) is 0.644. The van der Waals surface area contributed by atoms with E-state index in [9.17, 15) is 0 Å². The van der Waals surface area contributed by atoms with E-state index in [1.54, 1.807) is 5.57 Å². The van der Waals surface area contributed by atoms with E-state index in [-0.39, 0.29) is 0 Å². The minimum Gasteiger partial charge on any atom is -0.498 e. The van der Waals surface area contributed by atoms with Gasteiger partial charge in [-0.25, -0.2) is 0 Å². The van der Waals surface area contributed by atoms with Crippen molar-refractivity contribution < 1.29 is 4.74 Å². The van der Waals surface area contributed by atoms with E-state index < -0.39 is 0 Å². The molecule has 0 amide bonds. The summed E-state index contributed by atoms with van der Waals surface area (Å²) in [4.78, 5) is 0. The Kier molecular flexibility index (Phi) is 3.58. The fourth-order valence-electron chi connectivity index (χ4n) is 1.70. The van der Waals surface area contributed by atoms with E-state index in [0.717, 1.165) is 13.0 Å². The summed E-state index contributed by atoms with van der Waals surface area (Å²) in [5.41, 5.74) is 2.87. The molecular formula is C12H20O. The van der Waals surface area contributed by atoms with Gasteiger partial charge in [-0.15, -0.1) is 0 Å². The van der Waals surface area contributed by atoms with Gasteiger partial charge < -0.3 is 4.74 Å². The third kappa shape index (κ3) is 2.61. The lowest BCUT2D eigenvalue weighted by atomic mass is 9.91. The Bertz CT molecular complexity index is 234. The zero-order chi connectivity index (χ0) is 9.84. The topological polar surface area (TPSA) is 9.23 Å². The SMILES string of the molecule is CCOC1=C(C)C=C(C(C)C)CC1. The van der Waals surface area contributed by atoms with E-state index in [4.69, 9.17) is 4.74 Å². The highest BCUT2D eigenvalue weighted by atomic mass is 16.5. The maximum atomic E-state index is 5.56. The second kappa shape index (κ2) is 4.50. The first-order valence-corrected chi connectivity index (χ1v) is 5.18. The zero-order valence-electron chi connectivity index (χ0n) is 9.18. The van der Waals surface area contributed by atoms with Crippen LogP contribution in [-0.4, -0.2) is 6.61 Å². The molecule has 74 valence electrons. The van der Waals surface area contributed by atoms with Crippen LogP contribution >= 0.6 is 0 Å². The molecule has 0 aromatic carbocycles. The second-order valence-electron chi connectivity index (χ2n) is 3.91. The molecule has 0 aromatic rings. The molecule has 0 aromatic heterocycles. The average Bonchev–Trinajstić information content (AvgIpc) is 2.08. The molecule has 0 bridgehead atoms. The Morgan fingerprint density at radius 1 is 1.38 bits per heavy atom. The molecule has 0 fully saturated rings. The van der Waals surface area contributed by atoms with Gasteiger partial charge in [0.05, 0.1) is 12.4 Å². The van der Waals surface area contributed by atoms with Crippen molar-refractivity contribution in [2.45, 2.75) is 40.5 Å². The van der Waals surface area contributed by atoms with Gasteiger partial charge in [-0.3, -0.25) is 0 Å². The summed E-state index contributed by atoms with van der Waals surface area (Å²) in [5.74, 6) is 1.87. The highest BCUT2D eigenvalue weighted by Crippen LogP contribution is 2.28. The first kappa shape index (κ1) is 10.4. The number of hydrogen-bond acceptors (Lipinski definition) is 1. The Hall–Kier alpha value is -0.720. The van der Waals surface area contributed by atoms with E-state index in [0.29, 0.717) is 5.92 Å². The molecule has 0 spiro atoms. The van der Waals surface area contributed by atoms with Crippen LogP contribution < -0.4 is 0 Å². The maximum absolute atomic E-state index is 5.56. The summed E-state index contributed by atoms with van der Waals surface area (Å²) in [5, 5.41) is 0. The van der Waals surface area contributed by atoms with Gasteiger partial charge in [0.2, 0.25) is 0 Å². The molecule has 1 aliphatic carbocycles. The van der Waals surface area contributed by atoms with Gasteiger partial charge in [0.25, 0.3) is 0 Å². The third-order valence-electron chi connectivity index (χ3n) is 2.54. The Balaban J connectivity index is 2.74. The summed E-state index contributed by atoms with van der Waals surface area (Å²) in [7, 11) is 0. The summed E-state index contributed by atoms with van der Waals surface area (Å²) in [6.45, 7) is 9.49. The van der Waals surface area contributed by atoms with Gasteiger partial charge in [0.15, 0.2) is 0 Å². The molecule has 0 radical (unpaired) electrons. The Morgan fingerprint density at radius 2 is 2.08 bits per heavy atom. The molecular weight excluding hydrogens is 160 g/mol. The first-order chi connectivity index (χ1) is 6.15. The van der Waals surface area contributed by atoms with Crippen molar-refractivity contribution in [3.05, 3.63) is 23.0 Å². The predicted molar refractivity (Wildman–Crippen MR) is 56.5 cm³/mol. The van der Waals surface area contributed by atoms with Crippen LogP contribution in [0.2, 0.25) is 0 Å². The first-order valence-electron chi connectivity index (χ1n) is 5.18. The standard InChI is InChI=1S/C12H20O/c1-5-13-12-7-6-11(9(2)3)8-10(12)4/h8-9H,5-7H2,1-4H3. The molecule has 1 rings (SSSR count). The van der Waals surface area contributed by atoms with E-state index >= 15 is 0 Å². The predicted octanol–water partition coefficient (Wildman–Crippen LogP) is 3.67. The van der Waals surface area contributed by atoms with Crippen molar-refractivity contribution in [3.63, 3.8) is 0 Å². The van der Waals surface area contributed by atoms with Gasteiger partial charge in [0, 0.05) is 6.42 Å². The van der Waals surface area contributed by atoms with Gasteiger partial charge in [-0.2, -0.15) is 0 Å². The summed E-state index contributed by atoms with van der Waals surface area (Å²) < 4.78 is 5.56. The lowest BCUT2D eigenvalue weighted by Crippen LogP contribution is -2.05. The van der Waals surface area contributed by atoms with Crippen molar-refractivity contribution in [2.24, 2.45) is 5.92 Å². The van der Waals surface area contributed by atoms with Gasteiger partial charge in [-0.1, -0.05) is 25.5 Å². The molecule has 13 heavy (non-hydrogen) atoms. The van der Waals surface area contributed by atoms with Crippen LogP contribution in [0.15, 0.2) is 23.0 Å². The average molecular weight is 180 g/mol. The van der Waals surface area contributed by atoms with Crippen LogP contribution in [0.1, 0.15) is 40.5 Å². The third-order valence-corrected chi connectivity index (χ3v) is 2.54. The van der Waals surface area contributed by atoms with Gasteiger partial charge >= 0.3 is 0 Å². The fourth-order valence-corrected chi connectivity index (χ4v) is 1.70. The van der Waals surface area contributed by atoms with Crippen LogP contribution in [0.25, 0.3) is 0 Å². The minimum atomic E-state index is 0.679. The van der Waals surface area contributed by atoms with Crippen LogP contribution in [0.3, 0.4) is 0 Å². The largest absolute Gasteiger partial charge is 0.498 e. The summed E-state index contributed by atoms with van der Waals surface area (Å²) in [6.07, 6.45) is 4.55. The van der Waals surface area contributed by atoms with Crippen LogP contribution in [0.4, 0.5) is 0 Å². The van der Waals surface area contributed by atoms with Crippen LogP contribution in [-0.2, 0) is 4.74 Å². The Morgan fingerprint density at radius 3 is 2.54 bits per heavy atom. The van der Waals surface area contributed by atoms with E-state index in [1.807, 2.05) is 6.92 Å². The van der Waals surface area contributed by atoms with Gasteiger partial charge in [0.1, 0.15) is 0 Å². The number of rotatable bonds is 3. The Labute approximate surface area is 81.5 Å². The highest BCUT2D eigenvalue weighted by molar-refractivity contribution is 5.30. The van der Waals surface area contributed by atoms with Crippen molar-refractivity contribution in [1.82, 2.24) is 0 Å². The smallest absolute Gasteiger partial charge is 0.0991 e. The van der Waals surface area contributed by atoms with Crippen molar-refractivity contribution in [3.8, 4) is 0 Å². The van der Waals surface area contributed by atoms with Crippen LogP contribution in [0.5, 0.6) is 0 Å². The van der Waals surface area contributed by atoms with Crippen molar-refractivity contribution in [2.75, 3.05) is 6.61 Å². The summed E-state index contributed by atoms with van der Waals surface area (Å²) >= 11 is 0. The molecule has 0 N–H and O–H groups in total. The van der Waals surface area contributed by atoms with Crippen molar-refractivity contribution >= 4 is 0 Å². The lowest BCUT2D eigenvalue weighted by Gasteiger charge is -2.20. The molecule has 0 atom stereocenters. The zero-order valence-corrected chi connectivity index (χ0v) is 9.18. The second-order valence-corrected chi connectivity index (χ2v) is 3.91. The molecule has 0 saturated heterocycles. The molecule has 0 heterocycles. The molecule has 1 heteroatoms. The molecule has 1 nitrogen and oxygen atoms in total. The maximum Gasteiger partial charge on any atom is 0.0991 e. The normalized spacial score (nSPS) is 17.8. The molecule has 1 aliphatic rings. The van der Waals surface area contributed by atoms with E-state index in [2.05, 4.69) is 26.8 Å². The fraction of sp³-hybridized carbons (Fsp3) is 0.667. The summed E-state index contributed by atoms with van der Waals surface area (Å²) in [6, 6.07) is 0. The number of hydrogen-bond donors (Lipinski definition) is 0. The molecule has 0 saturated carbocycles. The van der Waals surface area contributed by atoms with Crippen LogP contribution in [0, 0.1) is 5.92 Å². The number of ether oxygens (including phenoxy) is 1. The monoisotopic (exact) mass is 180 g/mol. The van der Waals surface area contributed by atoms with Crippen molar-refractivity contribution in [1.29, 1.82) is 0 Å². The highest BCUT2D eigenvalue weighted by Gasteiger charge is 2.13. The minimum absolute atomic E-state index is 0.679. The number of allylic oxidation sites excluding steroid dienone is 4. The van der Waals surface area contributed by atoms with E-state index in [1.165, 1.54) is 17.8 Å².